The lowest BCUT2D eigenvalue weighted by molar-refractivity contribution is 1.30. The summed E-state index contributed by atoms with van der Waals surface area (Å²) in [6, 6.07) is 37.1. The summed E-state index contributed by atoms with van der Waals surface area (Å²) < 4.78 is 0. The third-order valence-corrected chi connectivity index (χ3v) is 6.98. The van der Waals surface area contributed by atoms with E-state index in [0.29, 0.717) is 0 Å². The summed E-state index contributed by atoms with van der Waals surface area (Å²) in [6.07, 6.45) is 0. The Morgan fingerprint density at radius 2 is 0.943 bits per heavy atom. The van der Waals surface area contributed by atoms with Crippen molar-refractivity contribution >= 4 is 32.3 Å². The molecule has 0 unspecified atom stereocenters. The molecule has 0 aliphatic heterocycles. The molecule has 0 aliphatic carbocycles. The molecular weight excluding hydrogens is 420 g/mol. The van der Waals surface area contributed by atoms with Gasteiger partial charge in [-0.1, -0.05) is 121 Å². The molecule has 0 bridgehead atoms. The molecule has 0 saturated heterocycles. The first-order valence-electron chi connectivity index (χ1n) is 12.1. The zero-order valence-corrected chi connectivity index (χ0v) is 20.3. The second kappa shape index (κ2) is 8.46. The number of aryl methyl sites for hydroxylation is 3. The van der Waals surface area contributed by atoms with Gasteiger partial charge in [0.15, 0.2) is 0 Å². The summed E-state index contributed by atoms with van der Waals surface area (Å²) in [5.74, 6) is 7.16. The predicted molar refractivity (Wildman–Crippen MR) is 151 cm³/mol. The molecule has 0 nitrogen and oxygen atoms in total. The Hall–Kier alpha value is -4.34. The van der Waals surface area contributed by atoms with Crippen molar-refractivity contribution in [2.45, 2.75) is 20.8 Å². The molecule has 0 amide bonds. The van der Waals surface area contributed by atoms with Gasteiger partial charge in [0.1, 0.15) is 0 Å². The summed E-state index contributed by atoms with van der Waals surface area (Å²) in [6.45, 7) is 6.46. The van der Waals surface area contributed by atoms with Crippen LogP contribution in [0.2, 0.25) is 0 Å². The van der Waals surface area contributed by atoms with E-state index < -0.39 is 0 Å². The average molecular weight is 447 g/mol. The normalized spacial score (nSPS) is 11.1. The van der Waals surface area contributed by atoms with Crippen molar-refractivity contribution < 1.29 is 0 Å². The van der Waals surface area contributed by atoms with Gasteiger partial charge in [-0.25, -0.2) is 0 Å². The highest BCUT2D eigenvalue weighted by atomic mass is 14.2. The fourth-order valence-electron chi connectivity index (χ4n) is 5.50. The third kappa shape index (κ3) is 3.58. The summed E-state index contributed by atoms with van der Waals surface area (Å²) in [5.41, 5.74) is 8.51. The maximum Gasteiger partial charge on any atom is 0.0406 e. The average Bonchev–Trinajstić information content (AvgIpc) is 2.87. The van der Waals surface area contributed by atoms with Crippen molar-refractivity contribution in [3.8, 4) is 23.0 Å². The van der Waals surface area contributed by atoms with Gasteiger partial charge in [-0.3, -0.25) is 0 Å². The highest BCUT2D eigenvalue weighted by Crippen LogP contribution is 2.41. The maximum atomic E-state index is 3.61. The largest absolute Gasteiger partial charge is 0.0616 e. The monoisotopic (exact) mass is 446 g/mol. The van der Waals surface area contributed by atoms with Crippen LogP contribution in [0.1, 0.15) is 27.8 Å². The van der Waals surface area contributed by atoms with Gasteiger partial charge in [-0.15, -0.1) is 0 Å². The molecule has 0 N–H and O–H groups in total. The molecule has 0 heterocycles. The lowest BCUT2D eigenvalue weighted by Crippen LogP contribution is -1.92. The van der Waals surface area contributed by atoms with Gasteiger partial charge in [0, 0.05) is 11.1 Å². The van der Waals surface area contributed by atoms with E-state index >= 15 is 0 Å². The minimum absolute atomic E-state index is 1.10. The Morgan fingerprint density at radius 1 is 0.457 bits per heavy atom. The fraction of sp³-hybridized carbons (Fsp3) is 0.0857. The first-order chi connectivity index (χ1) is 17.1. The molecule has 0 atom stereocenters. The molecule has 6 rings (SSSR count). The maximum absolute atomic E-state index is 3.61. The van der Waals surface area contributed by atoms with Crippen LogP contribution in [0.15, 0.2) is 103 Å². The lowest BCUT2D eigenvalue weighted by Gasteiger charge is -2.16. The van der Waals surface area contributed by atoms with Crippen molar-refractivity contribution in [2.75, 3.05) is 0 Å². The van der Waals surface area contributed by atoms with Gasteiger partial charge >= 0.3 is 0 Å². The minimum Gasteiger partial charge on any atom is -0.0616 e. The van der Waals surface area contributed by atoms with E-state index in [1.165, 1.54) is 60.1 Å². The van der Waals surface area contributed by atoms with Crippen molar-refractivity contribution in [1.82, 2.24) is 0 Å². The van der Waals surface area contributed by atoms with Crippen LogP contribution in [-0.2, 0) is 0 Å². The Bertz CT molecular complexity index is 1740. The van der Waals surface area contributed by atoms with Crippen molar-refractivity contribution in [2.24, 2.45) is 0 Å². The van der Waals surface area contributed by atoms with Crippen LogP contribution in [0.3, 0.4) is 0 Å². The standard InChI is InChI=1S/C35H26/c1-23-21-24(2)27(25(3)22-23)19-20-31-29-14-6-8-16-33(29)35(34-17-9-7-15-30(31)34)32-18-10-12-26-11-4-5-13-28(26)32/h4-18,21-22H,1-3H3. The number of hydrogen-bond donors (Lipinski definition) is 0. The van der Waals surface area contributed by atoms with Crippen LogP contribution in [0.4, 0.5) is 0 Å². The van der Waals surface area contributed by atoms with Gasteiger partial charge < -0.3 is 0 Å². The van der Waals surface area contributed by atoms with Crippen molar-refractivity contribution in [1.29, 1.82) is 0 Å². The third-order valence-electron chi connectivity index (χ3n) is 6.98. The fourth-order valence-corrected chi connectivity index (χ4v) is 5.50. The van der Waals surface area contributed by atoms with Crippen LogP contribution >= 0.6 is 0 Å². The Balaban J connectivity index is 1.72. The zero-order chi connectivity index (χ0) is 23.9. The highest BCUT2D eigenvalue weighted by Gasteiger charge is 2.15. The molecular formula is C35H26. The van der Waals surface area contributed by atoms with Gasteiger partial charge in [-0.05, 0) is 75.3 Å². The summed E-state index contributed by atoms with van der Waals surface area (Å²) in [4.78, 5) is 0. The van der Waals surface area contributed by atoms with Crippen molar-refractivity contribution in [3.63, 3.8) is 0 Å². The molecule has 0 aliphatic rings. The van der Waals surface area contributed by atoms with Gasteiger partial charge in [-0.2, -0.15) is 0 Å². The van der Waals surface area contributed by atoms with Crippen LogP contribution < -0.4 is 0 Å². The van der Waals surface area contributed by atoms with E-state index in [4.69, 9.17) is 0 Å². The topological polar surface area (TPSA) is 0 Å². The smallest absolute Gasteiger partial charge is 0.0406 e. The predicted octanol–water partition coefficient (Wildman–Crippen LogP) is 9.14. The molecule has 0 spiro atoms. The minimum atomic E-state index is 1.10. The molecule has 35 heavy (non-hydrogen) atoms. The van der Waals surface area contributed by atoms with E-state index in [2.05, 4.69) is 136 Å². The quantitative estimate of drug-likeness (QED) is 0.174. The van der Waals surface area contributed by atoms with Crippen LogP contribution in [-0.4, -0.2) is 0 Å². The summed E-state index contributed by atoms with van der Waals surface area (Å²) in [5, 5.41) is 7.41. The summed E-state index contributed by atoms with van der Waals surface area (Å²) >= 11 is 0. The van der Waals surface area contributed by atoms with Crippen LogP contribution in [0.25, 0.3) is 43.4 Å². The summed E-state index contributed by atoms with van der Waals surface area (Å²) in [7, 11) is 0. The zero-order valence-electron chi connectivity index (χ0n) is 20.3. The molecule has 0 radical (unpaired) electrons. The molecule has 0 aromatic heterocycles. The van der Waals surface area contributed by atoms with E-state index in [0.717, 1.165) is 11.1 Å². The van der Waals surface area contributed by atoms with E-state index in [9.17, 15) is 0 Å². The van der Waals surface area contributed by atoms with Crippen LogP contribution in [0, 0.1) is 32.6 Å². The van der Waals surface area contributed by atoms with E-state index in [1.807, 2.05) is 0 Å². The number of rotatable bonds is 1. The van der Waals surface area contributed by atoms with E-state index in [1.54, 1.807) is 0 Å². The van der Waals surface area contributed by atoms with Gasteiger partial charge in [0.2, 0.25) is 0 Å². The molecule has 6 aromatic carbocycles. The van der Waals surface area contributed by atoms with Crippen molar-refractivity contribution in [3.05, 3.63) is 131 Å². The Labute approximate surface area is 206 Å². The molecule has 6 aromatic rings. The number of fused-ring (bicyclic) bond motifs is 3. The first kappa shape index (κ1) is 21.2. The molecule has 0 fully saturated rings. The van der Waals surface area contributed by atoms with Gasteiger partial charge in [0.05, 0.1) is 0 Å². The first-order valence-corrected chi connectivity index (χ1v) is 12.1. The number of hydrogen-bond acceptors (Lipinski definition) is 0. The molecule has 0 saturated carbocycles. The lowest BCUT2D eigenvalue weighted by atomic mass is 9.86. The Kier molecular flexibility index (Phi) is 5.13. The number of benzene rings is 6. The SMILES string of the molecule is Cc1cc(C)c(C#Cc2c3ccccc3c(-c3cccc4ccccc34)c3ccccc23)c(C)c1. The highest BCUT2D eigenvalue weighted by molar-refractivity contribution is 6.19. The molecule has 0 heteroatoms. The van der Waals surface area contributed by atoms with Gasteiger partial charge in [0.25, 0.3) is 0 Å². The van der Waals surface area contributed by atoms with E-state index in [-0.39, 0.29) is 0 Å². The van der Waals surface area contributed by atoms with Crippen LogP contribution in [0.5, 0.6) is 0 Å². The second-order valence-electron chi connectivity index (χ2n) is 9.39. The second-order valence-corrected chi connectivity index (χ2v) is 9.39. The molecule has 166 valence electrons. The Morgan fingerprint density at radius 3 is 1.57 bits per heavy atom.